The van der Waals surface area contributed by atoms with Crippen LogP contribution in [0.15, 0.2) is 71.6 Å². The molecule has 26 heavy (non-hydrogen) atoms. The monoisotopic (exact) mass is 375 g/mol. The minimum absolute atomic E-state index is 0.142. The SMILES string of the molecule is Cc1ccc(S(=O)(=O)N[C@@H](C)/C=C/[C@@H](O)COCc2ccccc2)cc1. The lowest BCUT2D eigenvalue weighted by Crippen LogP contribution is -2.31. The smallest absolute Gasteiger partial charge is 0.241 e. The minimum atomic E-state index is -3.59. The maximum atomic E-state index is 12.3. The van der Waals surface area contributed by atoms with Crippen LogP contribution < -0.4 is 4.72 Å². The number of sulfonamides is 1. The molecule has 0 amide bonds. The Kier molecular flexibility index (Phi) is 7.53. The predicted octanol–water partition coefficient (Wildman–Crippen LogP) is 2.80. The van der Waals surface area contributed by atoms with E-state index >= 15 is 0 Å². The maximum Gasteiger partial charge on any atom is 0.241 e. The molecule has 2 rings (SSSR count). The van der Waals surface area contributed by atoms with Gasteiger partial charge in [-0.2, -0.15) is 0 Å². The van der Waals surface area contributed by atoms with Crippen LogP contribution in [0.1, 0.15) is 18.1 Å². The number of hydrogen-bond donors (Lipinski definition) is 2. The van der Waals surface area contributed by atoms with Gasteiger partial charge < -0.3 is 9.84 Å². The molecule has 140 valence electrons. The van der Waals surface area contributed by atoms with Gasteiger partial charge in [0.15, 0.2) is 0 Å². The average Bonchev–Trinajstić information content (AvgIpc) is 2.61. The van der Waals surface area contributed by atoms with Crippen molar-refractivity contribution >= 4 is 10.0 Å². The van der Waals surface area contributed by atoms with Crippen LogP contribution in [-0.4, -0.2) is 32.3 Å². The van der Waals surface area contributed by atoms with Gasteiger partial charge in [0.05, 0.1) is 24.2 Å². The third-order valence-corrected chi connectivity index (χ3v) is 5.27. The van der Waals surface area contributed by atoms with Crippen LogP contribution >= 0.6 is 0 Å². The third kappa shape index (κ3) is 6.72. The first-order valence-electron chi connectivity index (χ1n) is 8.44. The molecule has 2 aromatic carbocycles. The van der Waals surface area contributed by atoms with Crippen molar-refractivity contribution in [3.05, 3.63) is 77.9 Å². The van der Waals surface area contributed by atoms with Gasteiger partial charge in [-0.25, -0.2) is 13.1 Å². The Morgan fingerprint density at radius 3 is 2.38 bits per heavy atom. The van der Waals surface area contributed by atoms with E-state index in [-0.39, 0.29) is 11.5 Å². The highest BCUT2D eigenvalue weighted by atomic mass is 32.2. The first-order chi connectivity index (χ1) is 12.4. The minimum Gasteiger partial charge on any atom is -0.387 e. The Balaban J connectivity index is 1.80. The topological polar surface area (TPSA) is 75.6 Å². The van der Waals surface area contributed by atoms with Gasteiger partial charge in [-0.1, -0.05) is 60.2 Å². The van der Waals surface area contributed by atoms with Crippen LogP contribution in [-0.2, 0) is 21.4 Å². The van der Waals surface area contributed by atoms with E-state index in [4.69, 9.17) is 4.74 Å². The second-order valence-corrected chi connectivity index (χ2v) is 7.89. The molecule has 0 unspecified atom stereocenters. The largest absolute Gasteiger partial charge is 0.387 e. The fourth-order valence-electron chi connectivity index (χ4n) is 2.29. The van der Waals surface area contributed by atoms with E-state index in [0.717, 1.165) is 11.1 Å². The molecule has 5 nitrogen and oxygen atoms in total. The standard InChI is InChI=1S/C20H25NO4S/c1-16-8-12-20(13-9-16)26(23,24)21-17(2)10-11-19(22)15-25-14-18-6-4-3-5-7-18/h3-13,17,19,21-22H,14-15H2,1-2H3/b11-10+/t17-,19+/m0/s1. The van der Waals surface area contributed by atoms with Gasteiger partial charge in [-0.3, -0.25) is 0 Å². The third-order valence-electron chi connectivity index (χ3n) is 3.69. The molecule has 0 aliphatic rings. The number of rotatable bonds is 9. The van der Waals surface area contributed by atoms with Gasteiger partial charge in [0.25, 0.3) is 0 Å². The lowest BCUT2D eigenvalue weighted by Gasteiger charge is -2.12. The summed E-state index contributed by atoms with van der Waals surface area (Å²) in [6.45, 7) is 4.17. The maximum absolute atomic E-state index is 12.3. The lowest BCUT2D eigenvalue weighted by molar-refractivity contribution is 0.0502. The van der Waals surface area contributed by atoms with E-state index < -0.39 is 22.2 Å². The summed E-state index contributed by atoms with van der Waals surface area (Å²) >= 11 is 0. The number of aryl methyl sites for hydroxylation is 1. The van der Waals surface area contributed by atoms with Crippen LogP contribution in [0.3, 0.4) is 0 Å². The molecule has 0 aromatic heterocycles. The van der Waals surface area contributed by atoms with Crippen LogP contribution in [0.2, 0.25) is 0 Å². The van der Waals surface area contributed by atoms with Crippen molar-refractivity contribution in [3.63, 3.8) is 0 Å². The van der Waals surface area contributed by atoms with Gasteiger partial charge in [-0.15, -0.1) is 0 Å². The van der Waals surface area contributed by atoms with Gasteiger partial charge >= 0.3 is 0 Å². The summed E-state index contributed by atoms with van der Waals surface area (Å²) in [4.78, 5) is 0.218. The molecule has 0 aliphatic carbocycles. The first-order valence-corrected chi connectivity index (χ1v) is 9.92. The molecule has 0 fully saturated rings. The fraction of sp³-hybridized carbons (Fsp3) is 0.300. The Labute approximate surface area is 155 Å². The van der Waals surface area contributed by atoms with Crippen molar-refractivity contribution < 1.29 is 18.3 Å². The van der Waals surface area contributed by atoms with E-state index in [1.807, 2.05) is 37.3 Å². The Hall–Kier alpha value is -1.99. The lowest BCUT2D eigenvalue weighted by atomic mass is 10.2. The molecule has 0 saturated heterocycles. The molecule has 0 spiro atoms. The summed E-state index contributed by atoms with van der Waals surface area (Å²) in [6.07, 6.45) is 2.35. The number of aliphatic hydroxyl groups excluding tert-OH is 1. The van der Waals surface area contributed by atoms with Crippen molar-refractivity contribution in [1.82, 2.24) is 4.72 Å². The Morgan fingerprint density at radius 2 is 1.73 bits per heavy atom. The highest BCUT2D eigenvalue weighted by Gasteiger charge is 2.15. The average molecular weight is 375 g/mol. The molecule has 0 bridgehead atoms. The molecule has 2 atom stereocenters. The Morgan fingerprint density at radius 1 is 1.08 bits per heavy atom. The van der Waals surface area contributed by atoms with Crippen molar-refractivity contribution in [2.45, 2.75) is 37.5 Å². The zero-order valence-corrected chi connectivity index (χ0v) is 15.8. The van der Waals surface area contributed by atoms with Crippen molar-refractivity contribution in [3.8, 4) is 0 Å². The van der Waals surface area contributed by atoms with E-state index in [9.17, 15) is 13.5 Å². The highest BCUT2D eigenvalue weighted by molar-refractivity contribution is 7.89. The molecule has 0 aliphatic heterocycles. The summed E-state index contributed by atoms with van der Waals surface area (Å²) in [5, 5.41) is 9.93. The van der Waals surface area contributed by atoms with Gasteiger partial charge in [0, 0.05) is 6.04 Å². The van der Waals surface area contributed by atoms with E-state index in [2.05, 4.69) is 4.72 Å². The molecule has 6 heteroatoms. The number of aliphatic hydroxyl groups is 1. The van der Waals surface area contributed by atoms with Crippen molar-refractivity contribution in [2.75, 3.05) is 6.61 Å². The Bertz CT molecular complexity index is 801. The van der Waals surface area contributed by atoms with Crippen LogP contribution in [0.25, 0.3) is 0 Å². The van der Waals surface area contributed by atoms with Crippen LogP contribution in [0, 0.1) is 6.92 Å². The molecule has 0 saturated carbocycles. The molecular weight excluding hydrogens is 350 g/mol. The summed E-state index contributed by atoms with van der Waals surface area (Å²) in [6, 6.07) is 15.9. The van der Waals surface area contributed by atoms with Crippen molar-refractivity contribution in [1.29, 1.82) is 0 Å². The first kappa shape index (κ1) is 20.3. The summed E-state index contributed by atoms with van der Waals surface area (Å²) in [5.41, 5.74) is 2.03. The number of benzene rings is 2. The van der Waals surface area contributed by atoms with Crippen molar-refractivity contribution in [2.24, 2.45) is 0 Å². The van der Waals surface area contributed by atoms with Gasteiger partial charge in [0.1, 0.15) is 0 Å². The zero-order chi connectivity index (χ0) is 19.0. The number of nitrogens with one attached hydrogen (secondary N) is 1. The summed E-state index contributed by atoms with van der Waals surface area (Å²) in [7, 11) is -3.59. The van der Waals surface area contributed by atoms with E-state index in [1.165, 1.54) is 6.08 Å². The second-order valence-electron chi connectivity index (χ2n) is 6.18. The molecule has 2 N–H and O–H groups in total. The molecule has 0 heterocycles. The second kappa shape index (κ2) is 9.64. The summed E-state index contributed by atoms with van der Waals surface area (Å²) < 4.78 is 32.6. The fourth-order valence-corrected chi connectivity index (χ4v) is 3.49. The quantitative estimate of drug-likeness (QED) is 0.661. The number of ether oxygens (including phenoxy) is 1. The van der Waals surface area contributed by atoms with Gasteiger partial charge in [-0.05, 0) is 31.5 Å². The van der Waals surface area contributed by atoms with Crippen LogP contribution in [0.5, 0.6) is 0 Å². The van der Waals surface area contributed by atoms with Crippen LogP contribution in [0.4, 0.5) is 0 Å². The normalized spacial score (nSPS) is 14.4. The predicted molar refractivity (Wildman–Crippen MR) is 102 cm³/mol. The van der Waals surface area contributed by atoms with E-state index in [1.54, 1.807) is 37.3 Å². The molecular formula is C20H25NO4S. The van der Waals surface area contributed by atoms with Gasteiger partial charge in [0.2, 0.25) is 10.0 Å². The zero-order valence-electron chi connectivity index (χ0n) is 15.0. The highest BCUT2D eigenvalue weighted by Crippen LogP contribution is 2.10. The van der Waals surface area contributed by atoms with E-state index in [0.29, 0.717) is 6.61 Å². The molecule has 2 aromatic rings. The molecule has 0 radical (unpaired) electrons. The number of hydrogen-bond acceptors (Lipinski definition) is 4. The summed E-state index contributed by atoms with van der Waals surface area (Å²) in [5.74, 6) is 0.